The highest BCUT2D eigenvalue weighted by Gasteiger charge is 2.23. The molecule has 1 aromatic rings. The summed E-state index contributed by atoms with van der Waals surface area (Å²) in [4.78, 5) is 11.9. The van der Waals surface area contributed by atoms with Crippen LogP contribution in [0.2, 0.25) is 0 Å². The largest absolute Gasteiger partial charge is 0.493 e. The van der Waals surface area contributed by atoms with Crippen molar-refractivity contribution in [1.82, 2.24) is 5.32 Å². The molecule has 1 aromatic carbocycles. The first-order valence-electron chi connectivity index (χ1n) is 6.08. The lowest BCUT2D eigenvalue weighted by Gasteiger charge is -2.13. The van der Waals surface area contributed by atoms with Crippen LogP contribution in [0.4, 0.5) is 10.1 Å². The Morgan fingerprint density at radius 3 is 2.55 bits per heavy atom. The standard InChI is InChI=1S/C13H17FN2O3.ClH/c1-18-11-5-9(14)10(6-12(11)19-2)16-13(17)8-3-4-15-7-8;/h5-6,8,15H,3-4,7H2,1-2H3,(H,16,17);1H. The van der Waals surface area contributed by atoms with Crippen molar-refractivity contribution < 1.29 is 18.7 Å². The molecule has 5 nitrogen and oxygen atoms in total. The second-order valence-electron chi connectivity index (χ2n) is 4.37. The van der Waals surface area contributed by atoms with Gasteiger partial charge in [0.05, 0.1) is 25.8 Å². The molecule has 0 saturated carbocycles. The van der Waals surface area contributed by atoms with Crippen molar-refractivity contribution in [3.05, 3.63) is 17.9 Å². The van der Waals surface area contributed by atoms with E-state index in [1.54, 1.807) is 0 Å². The number of nitrogens with one attached hydrogen (secondary N) is 2. The molecule has 0 bridgehead atoms. The van der Waals surface area contributed by atoms with Crippen LogP contribution in [-0.4, -0.2) is 33.2 Å². The number of hydrogen-bond acceptors (Lipinski definition) is 4. The summed E-state index contributed by atoms with van der Waals surface area (Å²) < 4.78 is 23.9. The molecule has 20 heavy (non-hydrogen) atoms. The summed E-state index contributed by atoms with van der Waals surface area (Å²) in [6.07, 6.45) is 0.765. The molecule has 2 rings (SSSR count). The molecular weight excluding hydrogens is 287 g/mol. The molecule has 0 radical (unpaired) electrons. The Labute approximate surface area is 123 Å². The first-order valence-corrected chi connectivity index (χ1v) is 6.08. The predicted molar refractivity (Wildman–Crippen MR) is 76.4 cm³/mol. The lowest BCUT2D eigenvalue weighted by molar-refractivity contribution is -0.119. The predicted octanol–water partition coefficient (Wildman–Crippen LogP) is 1.81. The third-order valence-corrected chi connectivity index (χ3v) is 3.16. The van der Waals surface area contributed by atoms with Gasteiger partial charge in [0.1, 0.15) is 0 Å². The third kappa shape index (κ3) is 3.52. The van der Waals surface area contributed by atoms with Gasteiger partial charge in [-0.1, -0.05) is 0 Å². The maximum absolute atomic E-state index is 13.8. The number of carbonyl (C=O) groups is 1. The lowest BCUT2D eigenvalue weighted by atomic mass is 10.1. The minimum atomic E-state index is -0.544. The Balaban J connectivity index is 0.00000200. The van der Waals surface area contributed by atoms with Crippen molar-refractivity contribution in [2.75, 3.05) is 32.6 Å². The van der Waals surface area contributed by atoms with E-state index in [9.17, 15) is 9.18 Å². The highest BCUT2D eigenvalue weighted by Crippen LogP contribution is 2.32. The van der Waals surface area contributed by atoms with E-state index in [0.717, 1.165) is 13.0 Å². The van der Waals surface area contributed by atoms with Crippen LogP contribution in [0.25, 0.3) is 0 Å². The molecule has 1 unspecified atom stereocenters. The number of carbonyl (C=O) groups excluding carboxylic acids is 1. The molecule has 2 N–H and O–H groups in total. The van der Waals surface area contributed by atoms with E-state index in [-0.39, 0.29) is 29.9 Å². The fraction of sp³-hybridized carbons (Fsp3) is 0.462. The van der Waals surface area contributed by atoms with Gasteiger partial charge in [0.25, 0.3) is 0 Å². The maximum atomic E-state index is 13.8. The Morgan fingerprint density at radius 1 is 1.35 bits per heavy atom. The highest BCUT2D eigenvalue weighted by molar-refractivity contribution is 5.93. The number of amides is 1. The summed E-state index contributed by atoms with van der Waals surface area (Å²) in [6, 6.07) is 2.62. The lowest BCUT2D eigenvalue weighted by Crippen LogP contribution is -2.25. The molecule has 1 fully saturated rings. The fourth-order valence-corrected chi connectivity index (χ4v) is 2.06. The number of anilines is 1. The first-order chi connectivity index (χ1) is 9.15. The Bertz CT molecular complexity index is 479. The summed E-state index contributed by atoms with van der Waals surface area (Å²) in [6.45, 7) is 1.44. The molecule has 1 atom stereocenters. The summed E-state index contributed by atoms with van der Waals surface area (Å²) in [7, 11) is 2.89. The smallest absolute Gasteiger partial charge is 0.228 e. The molecule has 0 aromatic heterocycles. The topological polar surface area (TPSA) is 59.6 Å². The zero-order valence-electron chi connectivity index (χ0n) is 11.4. The van der Waals surface area contributed by atoms with E-state index in [4.69, 9.17) is 9.47 Å². The monoisotopic (exact) mass is 304 g/mol. The molecule has 112 valence electrons. The van der Waals surface area contributed by atoms with Crippen molar-refractivity contribution >= 4 is 24.0 Å². The van der Waals surface area contributed by atoms with E-state index in [1.165, 1.54) is 26.4 Å². The molecule has 7 heteroatoms. The van der Waals surface area contributed by atoms with Gasteiger partial charge in [-0.05, 0) is 13.0 Å². The molecule has 1 aliphatic heterocycles. The van der Waals surface area contributed by atoms with Crippen molar-refractivity contribution in [2.24, 2.45) is 5.92 Å². The SMILES string of the molecule is COc1cc(F)c(NC(=O)C2CCNC2)cc1OC.Cl. The molecule has 1 heterocycles. The normalized spacial score (nSPS) is 17.2. The third-order valence-electron chi connectivity index (χ3n) is 3.16. The molecule has 0 spiro atoms. The summed E-state index contributed by atoms with van der Waals surface area (Å²) in [5, 5.41) is 5.68. The zero-order chi connectivity index (χ0) is 13.8. The van der Waals surface area contributed by atoms with E-state index >= 15 is 0 Å². The minimum absolute atomic E-state index is 0. The Hall–Kier alpha value is -1.53. The van der Waals surface area contributed by atoms with Gasteiger partial charge in [0, 0.05) is 18.7 Å². The fourth-order valence-electron chi connectivity index (χ4n) is 2.06. The van der Waals surface area contributed by atoms with Crippen LogP contribution in [0.3, 0.4) is 0 Å². The van der Waals surface area contributed by atoms with Crippen molar-refractivity contribution in [1.29, 1.82) is 0 Å². The van der Waals surface area contributed by atoms with Crippen LogP contribution in [0.5, 0.6) is 11.5 Å². The van der Waals surface area contributed by atoms with Gasteiger partial charge in [-0.2, -0.15) is 0 Å². The number of rotatable bonds is 4. The van der Waals surface area contributed by atoms with E-state index in [1.807, 2.05) is 0 Å². The van der Waals surface area contributed by atoms with Gasteiger partial charge in [-0.25, -0.2) is 4.39 Å². The van der Waals surface area contributed by atoms with Crippen LogP contribution in [0.1, 0.15) is 6.42 Å². The zero-order valence-corrected chi connectivity index (χ0v) is 12.2. The second kappa shape index (κ2) is 7.31. The molecule has 0 aliphatic carbocycles. The summed E-state index contributed by atoms with van der Waals surface area (Å²) >= 11 is 0. The molecule has 1 aliphatic rings. The first kappa shape index (κ1) is 16.5. The van der Waals surface area contributed by atoms with Crippen LogP contribution in [-0.2, 0) is 4.79 Å². The summed E-state index contributed by atoms with van der Waals surface area (Å²) in [5.74, 6) is -0.176. The van der Waals surface area contributed by atoms with E-state index in [0.29, 0.717) is 18.0 Å². The maximum Gasteiger partial charge on any atom is 0.228 e. The van der Waals surface area contributed by atoms with Gasteiger partial charge >= 0.3 is 0 Å². The van der Waals surface area contributed by atoms with Crippen LogP contribution in [0, 0.1) is 11.7 Å². The van der Waals surface area contributed by atoms with Gasteiger partial charge < -0.3 is 20.1 Å². The van der Waals surface area contributed by atoms with Crippen LogP contribution < -0.4 is 20.1 Å². The minimum Gasteiger partial charge on any atom is -0.493 e. The molecule has 1 amide bonds. The number of benzene rings is 1. The number of methoxy groups -OCH3 is 2. The highest BCUT2D eigenvalue weighted by atomic mass is 35.5. The van der Waals surface area contributed by atoms with Crippen LogP contribution >= 0.6 is 12.4 Å². The average Bonchev–Trinajstić information content (AvgIpc) is 2.94. The van der Waals surface area contributed by atoms with Crippen LogP contribution in [0.15, 0.2) is 12.1 Å². The van der Waals surface area contributed by atoms with Crippen molar-refractivity contribution in [3.8, 4) is 11.5 Å². The number of hydrogen-bond donors (Lipinski definition) is 2. The Morgan fingerprint density at radius 2 is 2.00 bits per heavy atom. The van der Waals surface area contributed by atoms with Gasteiger partial charge in [-0.15, -0.1) is 12.4 Å². The quantitative estimate of drug-likeness (QED) is 0.891. The van der Waals surface area contributed by atoms with E-state index < -0.39 is 5.82 Å². The summed E-state index contributed by atoms with van der Waals surface area (Å²) in [5.41, 5.74) is 0.106. The number of ether oxygens (including phenoxy) is 2. The van der Waals surface area contributed by atoms with Crippen molar-refractivity contribution in [3.63, 3.8) is 0 Å². The van der Waals surface area contributed by atoms with Crippen molar-refractivity contribution in [2.45, 2.75) is 6.42 Å². The van der Waals surface area contributed by atoms with Gasteiger partial charge in [0.15, 0.2) is 17.3 Å². The number of halogens is 2. The van der Waals surface area contributed by atoms with Gasteiger partial charge in [0.2, 0.25) is 5.91 Å². The molecular formula is C13H18ClFN2O3. The van der Waals surface area contributed by atoms with Gasteiger partial charge in [-0.3, -0.25) is 4.79 Å². The molecule has 1 saturated heterocycles. The Kier molecular flexibility index (Phi) is 6.04. The van der Waals surface area contributed by atoms with E-state index in [2.05, 4.69) is 10.6 Å². The average molecular weight is 305 g/mol. The second-order valence-corrected chi connectivity index (χ2v) is 4.37.